The van der Waals surface area contributed by atoms with E-state index in [-0.39, 0.29) is 0 Å². The zero-order chi connectivity index (χ0) is 12.8. The van der Waals surface area contributed by atoms with Crippen molar-refractivity contribution in [2.45, 2.75) is 27.2 Å². The van der Waals surface area contributed by atoms with Gasteiger partial charge in [-0.2, -0.15) is 5.10 Å². The van der Waals surface area contributed by atoms with Gasteiger partial charge >= 0.3 is 0 Å². The van der Waals surface area contributed by atoms with Gasteiger partial charge in [-0.25, -0.2) is 0 Å². The molecule has 3 N–H and O–H groups in total. The van der Waals surface area contributed by atoms with E-state index in [1.165, 1.54) is 0 Å². The van der Waals surface area contributed by atoms with Crippen LogP contribution in [0, 0.1) is 0 Å². The molecule has 0 bridgehead atoms. The minimum Gasteiger partial charge on any atom is -0.402 e. The summed E-state index contributed by atoms with van der Waals surface area (Å²) in [5.74, 6) is 0. The molecule has 0 amide bonds. The normalized spacial score (nSPS) is 13.3. The Morgan fingerprint density at radius 2 is 1.88 bits per heavy atom. The third-order valence-electron chi connectivity index (χ3n) is 2.52. The average molecular weight is 252 g/mol. The lowest BCUT2D eigenvalue weighted by atomic mass is 10.1. The fourth-order valence-corrected chi connectivity index (χ4v) is 1.44. The minimum absolute atomic E-state index is 0.712. The predicted octanol–water partition coefficient (Wildman–Crippen LogP) is 3.77. The van der Waals surface area contributed by atoms with E-state index >= 15 is 0 Å². The van der Waals surface area contributed by atoms with E-state index in [0.29, 0.717) is 5.02 Å². The third-order valence-corrected chi connectivity index (χ3v) is 2.78. The molecule has 1 rings (SSSR count). The third kappa shape index (κ3) is 4.11. The van der Waals surface area contributed by atoms with Gasteiger partial charge in [0.2, 0.25) is 0 Å². The van der Waals surface area contributed by atoms with Crippen molar-refractivity contribution >= 4 is 23.0 Å². The topological polar surface area (TPSA) is 50.4 Å². The minimum atomic E-state index is 0.712. The molecule has 1 aromatic carbocycles. The van der Waals surface area contributed by atoms with Crippen LogP contribution in [0.4, 0.5) is 5.69 Å². The van der Waals surface area contributed by atoms with Gasteiger partial charge in [0.15, 0.2) is 0 Å². The van der Waals surface area contributed by atoms with Crippen molar-refractivity contribution in [3.63, 3.8) is 0 Å². The summed E-state index contributed by atoms with van der Waals surface area (Å²) in [4.78, 5) is 0. The molecule has 3 nitrogen and oxygen atoms in total. The Hall–Kier alpha value is -1.48. The van der Waals surface area contributed by atoms with E-state index in [1.54, 1.807) is 0 Å². The number of halogens is 1. The lowest BCUT2D eigenvalue weighted by molar-refractivity contribution is 1.17. The lowest BCUT2D eigenvalue weighted by Gasteiger charge is -2.07. The van der Waals surface area contributed by atoms with Gasteiger partial charge in [0.25, 0.3) is 0 Å². The standard InChI is InChI=1S/C13H18ClN3/c1-4-13(9(2)10(3)15)17-16-12-7-5-11(14)6-8-12/h5-8,16H,4,15H2,1-3H3. The number of hydrogen-bond acceptors (Lipinski definition) is 3. The molecule has 92 valence electrons. The van der Waals surface area contributed by atoms with Crippen LogP contribution in [-0.4, -0.2) is 5.71 Å². The molecule has 0 aliphatic heterocycles. The van der Waals surface area contributed by atoms with E-state index in [4.69, 9.17) is 17.3 Å². The van der Waals surface area contributed by atoms with Crippen LogP contribution in [0.2, 0.25) is 5.02 Å². The van der Waals surface area contributed by atoms with Gasteiger partial charge < -0.3 is 5.73 Å². The fraction of sp³-hybridized carbons (Fsp3) is 0.308. The molecule has 0 unspecified atom stereocenters. The first-order valence-electron chi connectivity index (χ1n) is 5.56. The van der Waals surface area contributed by atoms with Crippen molar-refractivity contribution in [1.82, 2.24) is 0 Å². The van der Waals surface area contributed by atoms with Crippen molar-refractivity contribution < 1.29 is 0 Å². The maximum Gasteiger partial charge on any atom is 0.0650 e. The second kappa shape index (κ2) is 6.30. The Kier molecular flexibility index (Phi) is 5.04. The summed E-state index contributed by atoms with van der Waals surface area (Å²) in [6.07, 6.45) is 0.834. The maximum atomic E-state index is 5.81. The second-order valence-electron chi connectivity index (χ2n) is 3.84. The Bertz CT molecular complexity index is 428. The van der Waals surface area contributed by atoms with E-state index in [2.05, 4.69) is 17.5 Å². The van der Waals surface area contributed by atoms with Crippen LogP contribution in [0.15, 0.2) is 40.6 Å². The summed E-state index contributed by atoms with van der Waals surface area (Å²) in [7, 11) is 0. The van der Waals surface area contributed by atoms with E-state index in [9.17, 15) is 0 Å². The molecule has 17 heavy (non-hydrogen) atoms. The summed E-state index contributed by atoms with van der Waals surface area (Å²) in [6, 6.07) is 7.41. The number of nitrogens with zero attached hydrogens (tertiary/aromatic N) is 1. The van der Waals surface area contributed by atoms with Crippen molar-refractivity contribution in [3.05, 3.63) is 40.6 Å². The number of hydrogen-bond donors (Lipinski definition) is 2. The second-order valence-corrected chi connectivity index (χ2v) is 4.28. The number of nitrogens with two attached hydrogens (primary N) is 1. The monoisotopic (exact) mass is 251 g/mol. The molecule has 0 saturated heterocycles. The molecule has 4 heteroatoms. The Labute approximate surface area is 107 Å². The molecule has 0 saturated carbocycles. The summed E-state index contributed by atoms with van der Waals surface area (Å²) in [5, 5.41) is 5.06. The van der Waals surface area contributed by atoms with Crippen molar-refractivity contribution in [2.75, 3.05) is 5.43 Å². The van der Waals surface area contributed by atoms with Crippen LogP contribution < -0.4 is 11.2 Å². The van der Waals surface area contributed by atoms with E-state index in [0.717, 1.165) is 29.1 Å². The van der Waals surface area contributed by atoms with Gasteiger partial charge in [0.1, 0.15) is 0 Å². The Balaban J connectivity index is 2.81. The van der Waals surface area contributed by atoms with Gasteiger partial charge in [-0.05, 0) is 50.1 Å². The Morgan fingerprint density at radius 3 is 2.35 bits per heavy atom. The molecule has 0 aromatic heterocycles. The van der Waals surface area contributed by atoms with Crippen LogP contribution in [-0.2, 0) is 0 Å². The van der Waals surface area contributed by atoms with Crippen LogP contribution in [0.3, 0.4) is 0 Å². The van der Waals surface area contributed by atoms with Crippen molar-refractivity contribution in [3.8, 4) is 0 Å². The smallest absolute Gasteiger partial charge is 0.0650 e. The van der Waals surface area contributed by atoms with Crippen molar-refractivity contribution in [2.24, 2.45) is 10.8 Å². The van der Waals surface area contributed by atoms with Gasteiger partial charge in [0.05, 0.1) is 11.4 Å². The van der Waals surface area contributed by atoms with Gasteiger partial charge in [0, 0.05) is 10.7 Å². The van der Waals surface area contributed by atoms with E-state index < -0.39 is 0 Å². The number of allylic oxidation sites excluding steroid dienone is 2. The average Bonchev–Trinajstić information content (AvgIpc) is 2.31. The van der Waals surface area contributed by atoms with Crippen LogP contribution in [0.25, 0.3) is 0 Å². The van der Waals surface area contributed by atoms with Crippen LogP contribution >= 0.6 is 11.6 Å². The highest BCUT2D eigenvalue weighted by molar-refractivity contribution is 6.30. The summed E-state index contributed by atoms with van der Waals surface area (Å²) in [5.41, 5.74) is 12.4. The SMILES string of the molecule is CCC(=NNc1ccc(Cl)cc1)C(C)=C(C)N. The van der Waals surface area contributed by atoms with Gasteiger partial charge in [-0.15, -0.1) is 0 Å². The molecular formula is C13H18ClN3. The fourth-order valence-electron chi connectivity index (χ4n) is 1.31. The largest absolute Gasteiger partial charge is 0.402 e. The summed E-state index contributed by atoms with van der Waals surface area (Å²) < 4.78 is 0. The number of rotatable bonds is 4. The van der Waals surface area contributed by atoms with Gasteiger partial charge in [-0.1, -0.05) is 18.5 Å². The number of benzene rings is 1. The molecule has 0 aliphatic rings. The molecule has 0 atom stereocenters. The molecule has 0 aliphatic carbocycles. The maximum absolute atomic E-state index is 5.81. The first-order chi connectivity index (χ1) is 8.04. The zero-order valence-corrected chi connectivity index (χ0v) is 11.2. The molecule has 0 fully saturated rings. The highest BCUT2D eigenvalue weighted by Gasteiger charge is 2.01. The first-order valence-corrected chi connectivity index (χ1v) is 5.93. The predicted molar refractivity (Wildman–Crippen MR) is 75.4 cm³/mol. The number of nitrogens with one attached hydrogen (secondary N) is 1. The van der Waals surface area contributed by atoms with Crippen LogP contribution in [0.1, 0.15) is 27.2 Å². The summed E-state index contributed by atoms with van der Waals surface area (Å²) >= 11 is 5.81. The molecule has 0 radical (unpaired) electrons. The lowest BCUT2D eigenvalue weighted by Crippen LogP contribution is -2.08. The highest BCUT2D eigenvalue weighted by Crippen LogP contribution is 2.14. The molecule has 0 spiro atoms. The quantitative estimate of drug-likeness (QED) is 0.632. The van der Waals surface area contributed by atoms with Crippen LogP contribution in [0.5, 0.6) is 0 Å². The van der Waals surface area contributed by atoms with Gasteiger partial charge in [-0.3, -0.25) is 5.43 Å². The first kappa shape index (κ1) is 13.6. The Morgan fingerprint density at radius 1 is 1.29 bits per heavy atom. The highest BCUT2D eigenvalue weighted by atomic mass is 35.5. The molecule has 1 aromatic rings. The number of hydrazone groups is 1. The van der Waals surface area contributed by atoms with Crippen molar-refractivity contribution in [1.29, 1.82) is 0 Å². The van der Waals surface area contributed by atoms with E-state index in [1.807, 2.05) is 38.1 Å². The zero-order valence-electron chi connectivity index (χ0n) is 10.4. The number of anilines is 1. The molecule has 0 heterocycles. The molecular weight excluding hydrogens is 234 g/mol. The summed E-state index contributed by atoms with van der Waals surface area (Å²) in [6.45, 7) is 5.90.